The van der Waals surface area contributed by atoms with Gasteiger partial charge in [-0.2, -0.15) is 0 Å². The van der Waals surface area contributed by atoms with Gasteiger partial charge in [-0.25, -0.2) is 0 Å². The minimum absolute atomic E-state index is 0.105. The number of anilines is 1. The van der Waals surface area contributed by atoms with Crippen LogP contribution in [0, 0.1) is 0 Å². The van der Waals surface area contributed by atoms with Crippen molar-refractivity contribution >= 4 is 23.1 Å². The fraction of sp³-hybridized carbons (Fsp3) is 0.100. The first-order chi connectivity index (χ1) is 6.59. The predicted molar refractivity (Wildman–Crippen MR) is 58.0 cm³/mol. The van der Waals surface area contributed by atoms with E-state index in [1.807, 2.05) is 0 Å². The summed E-state index contributed by atoms with van der Waals surface area (Å²) in [4.78, 5) is 10.8. The Morgan fingerprint density at radius 3 is 2.43 bits per heavy atom. The van der Waals surface area contributed by atoms with Crippen LogP contribution >= 0.6 is 11.6 Å². The highest BCUT2D eigenvalue weighted by Gasteiger charge is 1.98. The molecule has 0 heterocycles. The van der Waals surface area contributed by atoms with Gasteiger partial charge in [0.25, 0.3) is 0 Å². The molecule has 0 atom stereocenters. The molecule has 1 aromatic carbocycles. The number of Topliss-reactive ketones (excluding diaryl/α,β-unsaturated/α-hetero) is 1. The van der Waals surface area contributed by atoms with Crippen LogP contribution in [0.15, 0.2) is 36.5 Å². The Hall–Kier alpha value is -1.48. The first kappa shape index (κ1) is 10.6. The molecule has 4 heteroatoms. The maximum atomic E-state index is 10.8. The van der Waals surface area contributed by atoms with Gasteiger partial charge in [0.1, 0.15) is 0 Å². The van der Waals surface area contributed by atoms with Crippen molar-refractivity contribution in [2.75, 3.05) is 5.43 Å². The molecule has 0 radical (unpaired) electrons. The van der Waals surface area contributed by atoms with Crippen LogP contribution in [0.25, 0.3) is 0 Å². The summed E-state index contributed by atoms with van der Waals surface area (Å²) in [5.74, 6) is -0.105. The number of nitrogens with one attached hydrogen (secondary N) is 2. The number of hydrogen-bond donors (Lipinski definition) is 2. The van der Waals surface area contributed by atoms with E-state index >= 15 is 0 Å². The third-order valence-electron chi connectivity index (χ3n) is 1.63. The molecular formula is C10H11ClN2O. The van der Waals surface area contributed by atoms with E-state index in [1.54, 1.807) is 24.3 Å². The summed E-state index contributed by atoms with van der Waals surface area (Å²) in [7, 11) is 0. The number of hydrazine groups is 1. The van der Waals surface area contributed by atoms with Gasteiger partial charge in [0.2, 0.25) is 0 Å². The Labute approximate surface area is 87.7 Å². The van der Waals surface area contributed by atoms with Gasteiger partial charge < -0.3 is 5.43 Å². The lowest BCUT2D eigenvalue weighted by molar-refractivity contribution is -0.113. The van der Waals surface area contributed by atoms with E-state index in [-0.39, 0.29) is 5.78 Å². The Kier molecular flexibility index (Phi) is 3.54. The van der Waals surface area contributed by atoms with E-state index in [0.717, 1.165) is 5.69 Å². The van der Waals surface area contributed by atoms with Gasteiger partial charge in [-0.3, -0.25) is 10.2 Å². The van der Waals surface area contributed by atoms with Gasteiger partial charge in [-0.1, -0.05) is 18.2 Å². The van der Waals surface area contributed by atoms with Gasteiger partial charge in [-0.15, -0.1) is 0 Å². The van der Waals surface area contributed by atoms with Gasteiger partial charge in [0.15, 0.2) is 5.78 Å². The van der Waals surface area contributed by atoms with Crippen molar-refractivity contribution < 1.29 is 4.79 Å². The van der Waals surface area contributed by atoms with E-state index in [9.17, 15) is 4.79 Å². The predicted octanol–water partition coefficient (Wildman–Crippen LogP) is 2.36. The molecule has 0 aliphatic carbocycles. The fourth-order valence-electron chi connectivity index (χ4n) is 0.769. The van der Waals surface area contributed by atoms with Crippen LogP contribution in [-0.2, 0) is 4.79 Å². The van der Waals surface area contributed by atoms with Crippen LogP contribution in [0.1, 0.15) is 6.92 Å². The monoisotopic (exact) mass is 210 g/mol. The summed E-state index contributed by atoms with van der Waals surface area (Å²) in [5.41, 5.74) is 6.64. The Morgan fingerprint density at radius 2 is 1.93 bits per heavy atom. The number of carbonyl (C=O) groups is 1. The number of benzene rings is 1. The fourth-order valence-corrected chi connectivity index (χ4v) is 0.895. The van der Waals surface area contributed by atoms with Crippen LogP contribution < -0.4 is 10.9 Å². The number of halogens is 1. The first-order valence-electron chi connectivity index (χ1n) is 4.07. The third-order valence-corrected chi connectivity index (χ3v) is 1.88. The average molecular weight is 211 g/mol. The van der Waals surface area contributed by atoms with Crippen molar-refractivity contribution in [1.29, 1.82) is 0 Å². The summed E-state index contributed by atoms with van der Waals surface area (Å²) < 4.78 is 0. The first-order valence-corrected chi connectivity index (χ1v) is 4.45. The van der Waals surface area contributed by atoms with Gasteiger partial charge in [0, 0.05) is 11.9 Å². The van der Waals surface area contributed by atoms with E-state index in [0.29, 0.717) is 10.7 Å². The van der Waals surface area contributed by atoms with Crippen molar-refractivity contribution in [1.82, 2.24) is 5.43 Å². The number of hydrogen-bond acceptors (Lipinski definition) is 3. The molecule has 1 rings (SSSR count). The molecule has 0 saturated carbocycles. The third kappa shape index (κ3) is 3.11. The summed E-state index contributed by atoms with van der Waals surface area (Å²) in [6, 6.07) is 7.09. The topological polar surface area (TPSA) is 41.1 Å². The van der Waals surface area contributed by atoms with Crippen LogP contribution in [0.4, 0.5) is 5.69 Å². The molecule has 0 aromatic heterocycles. The quantitative estimate of drug-likeness (QED) is 0.592. The molecule has 0 unspecified atom stereocenters. The van der Waals surface area contributed by atoms with Gasteiger partial charge in [0.05, 0.1) is 11.4 Å². The summed E-state index contributed by atoms with van der Waals surface area (Å²) in [6.45, 7) is 4.98. The van der Waals surface area contributed by atoms with E-state index < -0.39 is 0 Å². The normalized spacial score (nSPS) is 9.29. The number of rotatable bonds is 4. The summed E-state index contributed by atoms with van der Waals surface area (Å²) >= 11 is 5.70. The van der Waals surface area contributed by atoms with E-state index in [2.05, 4.69) is 17.4 Å². The van der Waals surface area contributed by atoms with Crippen molar-refractivity contribution in [2.45, 2.75) is 6.92 Å². The lowest BCUT2D eigenvalue weighted by atomic mass is 10.3. The Balaban J connectivity index is 2.50. The van der Waals surface area contributed by atoms with E-state index in [1.165, 1.54) is 6.92 Å². The average Bonchev–Trinajstić information content (AvgIpc) is 2.16. The zero-order valence-corrected chi connectivity index (χ0v) is 8.56. The molecule has 2 N–H and O–H groups in total. The maximum absolute atomic E-state index is 10.8. The molecular weight excluding hydrogens is 200 g/mol. The zero-order chi connectivity index (χ0) is 10.6. The van der Waals surface area contributed by atoms with Gasteiger partial charge in [-0.05, 0) is 24.3 Å². The molecule has 0 bridgehead atoms. The lowest BCUT2D eigenvalue weighted by Crippen LogP contribution is -2.23. The molecule has 74 valence electrons. The van der Waals surface area contributed by atoms with Crippen LogP contribution in [0.2, 0.25) is 5.02 Å². The minimum atomic E-state index is -0.105. The Morgan fingerprint density at radius 1 is 1.36 bits per heavy atom. The smallest absolute Gasteiger partial charge is 0.176 e. The van der Waals surface area contributed by atoms with Crippen LogP contribution in [-0.4, -0.2) is 5.78 Å². The largest absolute Gasteiger partial charge is 0.301 e. The minimum Gasteiger partial charge on any atom is -0.301 e. The number of allylic oxidation sites excluding steroid dienone is 1. The molecule has 3 nitrogen and oxygen atoms in total. The molecule has 0 saturated heterocycles. The summed E-state index contributed by atoms with van der Waals surface area (Å²) in [6.07, 6.45) is 0. The maximum Gasteiger partial charge on any atom is 0.176 e. The molecule has 0 aliphatic heterocycles. The van der Waals surface area contributed by atoms with Crippen molar-refractivity contribution in [3.8, 4) is 0 Å². The molecule has 0 spiro atoms. The van der Waals surface area contributed by atoms with E-state index in [4.69, 9.17) is 11.6 Å². The van der Waals surface area contributed by atoms with Crippen molar-refractivity contribution in [3.63, 3.8) is 0 Å². The molecule has 0 fully saturated rings. The standard InChI is InChI=1S/C10H11ClN2O/c1-7(8(2)14)12-13-10-5-3-9(11)4-6-10/h3-6,12-13H,1H2,2H3. The Bertz CT molecular complexity index is 346. The van der Waals surface area contributed by atoms with Crippen molar-refractivity contribution in [2.24, 2.45) is 0 Å². The molecule has 0 aliphatic rings. The van der Waals surface area contributed by atoms with Crippen LogP contribution in [0.5, 0.6) is 0 Å². The number of carbonyl (C=O) groups excluding carboxylic acids is 1. The second-order valence-electron chi connectivity index (χ2n) is 2.79. The molecule has 14 heavy (non-hydrogen) atoms. The highest BCUT2D eigenvalue weighted by atomic mass is 35.5. The zero-order valence-electron chi connectivity index (χ0n) is 7.80. The molecule has 0 amide bonds. The SMILES string of the molecule is C=C(NNc1ccc(Cl)cc1)C(C)=O. The second kappa shape index (κ2) is 4.67. The van der Waals surface area contributed by atoms with Crippen LogP contribution in [0.3, 0.4) is 0 Å². The highest BCUT2D eigenvalue weighted by Crippen LogP contribution is 2.12. The lowest BCUT2D eigenvalue weighted by Gasteiger charge is -2.09. The number of ketones is 1. The van der Waals surface area contributed by atoms with Crippen molar-refractivity contribution in [3.05, 3.63) is 41.6 Å². The second-order valence-corrected chi connectivity index (χ2v) is 3.23. The molecule has 1 aromatic rings. The highest BCUT2D eigenvalue weighted by molar-refractivity contribution is 6.30. The summed E-state index contributed by atoms with van der Waals surface area (Å²) in [5, 5.41) is 0.668. The van der Waals surface area contributed by atoms with Gasteiger partial charge >= 0.3 is 0 Å².